The molecular weight excluding hydrogens is 536 g/mol. The SMILES string of the molecule is CO[C@H]1OC(Cn2cc(CNC(=O)[C@@H](O)[C@H]3O[C@@H]4OC(C)(C)OC4C3O)nn2)[C@@H](OC(C)=O)C(OC(C)=O)C1C. The third-order valence-electron chi connectivity index (χ3n) is 6.81. The number of aliphatic hydroxyl groups is 2. The summed E-state index contributed by atoms with van der Waals surface area (Å²) in [6, 6.07) is 0. The predicted molar refractivity (Wildman–Crippen MR) is 129 cm³/mol. The lowest BCUT2D eigenvalue weighted by Gasteiger charge is -2.43. The van der Waals surface area contributed by atoms with Crippen molar-refractivity contribution < 1.29 is 57.8 Å². The van der Waals surface area contributed by atoms with Crippen LogP contribution in [-0.2, 0) is 60.6 Å². The molecule has 4 rings (SSSR count). The summed E-state index contributed by atoms with van der Waals surface area (Å²) in [5, 5.41) is 31.5. The van der Waals surface area contributed by atoms with Gasteiger partial charge in [0.05, 0.1) is 19.3 Å². The highest BCUT2D eigenvalue weighted by Crippen LogP contribution is 2.38. The highest BCUT2D eigenvalue weighted by atomic mass is 16.8. The molecule has 5 unspecified atom stereocenters. The molecule has 224 valence electrons. The summed E-state index contributed by atoms with van der Waals surface area (Å²) in [7, 11) is 1.45. The van der Waals surface area contributed by atoms with E-state index < -0.39 is 84.9 Å². The summed E-state index contributed by atoms with van der Waals surface area (Å²) in [5.41, 5.74) is 0.340. The predicted octanol–water partition coefficient (Wildman–Crippen LogP) is -1.64. The second-order valence-electron chi connectivity index (χ2n) is 10.4. The fourth-order valence-corrected chi connectivity index (χ4v) is 5.06. The van der Waals surface area contributed by atoms with Crippen LogP contribution in [-0.4, -0.2) is 111 Å². The van der Waals surface area contributed by atoms with Crippen molar-refractivity contribution in [2.24, 2.45) is 5.92 Å². The van der Waals surface area contributed by atoms with Crippen LogP contribution in [0.3, 0.4) is 0 Å². The summed E-state index contributed by atoms with van der Waals surface area (Å²) in [6.45, 7) is 7.53. The zero-order valence-corrected chi connectivity index (χ0v) is 23.1. The van der Waals surface area contributed by atoms with Gasteiger partial charge in [-0.15, -0.1) is 5.10 Å². The van der Waals surface area contributed by atoms with E-state index in [9.17, 15) is 24.6 Å². The number of nitrogens with zero attached hydrogens (tertiary/aromatic N) is 3. The van der Waals surface area contributed by atoms with Crippen LogP contribution in [0, 0.1) is 5.92 Å². The fourth-order valence-electron chi connectivity index (χ4n) is 5.06. The molecule has 3 aliphatic rings. The quantitative estimate of drug-likeness (QED) is 0.285. The van der Waals surface area contributed by atoms with Crippen LogP contribution in [0.25, 0.3) is 0 Å². The smallest absolute Gasteiger partial charge is 0.303 e. The number of aliphatic hydroxyl groups excluding tert-OH is 2. The van der Waals surface area contributed by atoms with Gasteiger partial charge in [0, 0.05) is 26.9 Å². The van der Waals surface area contributed by atoms with Crippen LogP contribution in [0.1, 0.15) is 40.3 Å². The van der Waals surface area contributed by atoms with Gasteiger partial charge in [-0.25, -0.2) is 4.68 Å². The lowest BCUT2D eigenvalue weighted by atomic mass is 9.91. The minimum Gasteiger partial charge on any atom is -0.458 e. The molecule has 16 heteroatoms. The second kappa shape index (κ2) is 12.0. The minimum atomic E-state index is -1.70. The Balaban J connectivity index is 1.36. The molecular formula is C24H36N4O12. The van der Waals surface area contributed by atoms with E-state index in [1.54, 1.807) is 20.8 Å². The van der Waals surface area contributed by atoms with E-state index in [-0.39, 0.29) is 13.1 Å². The summed E-state index contributed by atoms with van der Waals surface area (Å²) >= 11 is 0. The van der Waals surface area contributed by atoms with Gasteiger partial charge in [0.25, 0.3) is 5.91 Å². The first kappa shape index (κ1) is 30.2. The molecule has 1 aromatic rings. The van der Waals surface area contributed by atoms with Crippen LogP contribution in [0.15, 0.2) is 6.20 Å². The molecule has 3 N–H and O–H groups in total. The first-order valence-electron chi connectivity index (χ1n) is 12.9. The van der Waals surface area contributed by atoms with Crippen LogP contribution in [0.4, 0.5) is 0 Å². The van der Waals surface area contributed by atoms with Crippen molar-refractivity contribution in [3.8, 4) is 0 Å². The monoisotopic (exact) mass is 572 g/mol. The fraction of sp³-hybridized carbons (Fsp3) is 0.792. The lowest BCUT2D eigenvalue weighted by molar-refractivity contribution is -0.279. The maximum atomic E-state index is 12.6. The van der Waals surface area contributed by atoms with Crippen molar-refractivity contribution in [2.45, 2.75) is 109 Å². The largest absolute Gasteiger partial charge is 0.458 e. The van der Waals surface area contributed by atoms with Gasteiger partial charge in [-0.2, -0.15) is 0 Å². The van der Waals surface area contributed by atoms with Crippen molar-refractivity contribution in [2.75, 3.05) is 7.11 Å². The summed E-state index contributed by atoms with van der Waals surface area (Å²) in [5.74, 6) is -3.32. The first-order chi connectivity index (χ1) is 18.8. The van der Waals surface area contributed by atoms with E-state index in [1.807, 2.05) is 0 Å². The molecule has 3 fully saturated rings. The zero-order valence-electron chi connectivity index (χ0n) is 23.1. The van der Waals surface area contributed by atoms with E-state index in [2.05, 4.69) is 15.6 Å². The molecule has 40 heavy (non-hydrogen) atoms. The van der Waals surface area contributed by atoms with Gasteiger partial charge in [-0.1, -0.05) is 12.1 Å². The maximum Gasteiger partial charge on any atom is 0.303 e. The number of carbonyl (C=O) groups excluding carboxylic acids is 3. The Hall–Kier alpha value is -2.73. The molecule has 16 nitrogen and oxygen atoms in total. The third kappa shape index (κ3) is 6.59. The van der Waals surface area contributed by atoms with Crippen molar-refractivity contribution in [1.82, 2.24) is 20.3 Å². The van der Waals surface area contributed by atoms with Crippen LogP contribution in [0.5, 0.6) is 0 Å². The Morgan fingerprint density at radius 2 is 1.82 bits per heavy atom. The molecule has 1 aromatic heterocycles. The summed E-state index contributed by atoms with van der Waals surface area (Å²) in [6.07, 6.45) is -7.77. The molecule has 0 saturated carbocycles. The Labute approximate surface area is 230 Å². The number of rotatable bonds is 9. The van der Waals surface area contributed by atoms with Crippen molar-refractivity contribution in [3.63, 3.8) is 0 Å². The van der Waals surface area contributed by atoms with Crippen molar-refractivity contribution >= 4 is 17.8 Å². The topological polar surface area (TPSA) is 199 Å². The highest BCUT2D eigenvalue weighted by Gasteiger charge is 2.57. The molecule has 10 atom stereocenters. The molecule has 1 amide bonds. The molecule has 0 aliphatic carbocycles. The average Bonchev–Trinajstić information content (AvgIpc) is 3.53. The standard InChI is InChI=1S/C24H36N4O12/c1-10-17(35-11(2)29)18(36-12(3)30)14(37-22(10)34-6)9-28-8-13(26-27-28)7-25-21(33)16(32)19-15(31)20-23(38-19)40-24(4,5)39-20/h8,10,14-20,22-23,31-32H,7,9H2,1-6H3,(H,25,33)/t10?,14?,15?,16-,17?,18+,19-,20?,22-,23+/m0/s1. The number of hydrogen-bond donors (Lipinski definition) is 3. The number of aromatic nitrogens is 3. The number of esters is 2. The van der Waals surface area contributed by atoms with Gasteiger partial charge >= 0.3 is 11.9 Å². The Kier molecular flexibility index (Phi) is 9.08. The van der Waals surface area contributed by atoms with E-state index >= 15 is 0 Å². The maximum absolute atomic E-state index is 12.6. The summed E-state index contributed by atoms with van der Waals surface area (Å²) < 4.78 is 40.4. The van der Waals surface area contributed by atoms with Gasteiger partial charge in [0.1, 0.15) is 36.2 Å². The normalized spacial score (nSPS) is 35.5. The molecule has 0 spiro atoms. The Morgan fingerprint density at radius 1 is 1.15 bits per heavy atom. The molecule has 3 saturated heterocycles. The van der Waals surface area contributed by atoms with Gasteiger partial charge in [0.2, 0.25) is 0 Å². The number of amides is 1. The second-order valence-corrected chi connectivity index (χ2v) is 10.4. The van der Waals surface area contributed by atoms with E-state index in [0.717, 1.165) is 0 Å². The van der Waals surface area contributed by atoms with E-state index in [4.69, 9.17) is 33.2 Å². The number of hydrogen-bond acceptors (Lipinski definition) is 14. The van der Waals surface area contributed by atoms with Crippen LogP contribution >= 0.6 is 0 Å². The van der Waals surface area contributed by atoms with Crippen molar-refractivity contribution in [3.05, 3.63) is 11.9 Å². The highest BCUT2D eigenvalue weighted by molar-refractivity contribution is 5.81. The number of nitrogens with one attached hydrogen (secondary N) is 1. The number of carbonyl (C=O) groups is 3. The van der Waals surface area contributed by atoms with E-state index in [0.29, 0.717) is 5.69 Å². The molecule has 3 aliphatic heterocycles. The number of fused-ring (bicyclic) bond motifs is 1. The van der Waals surface area contributed by atoms with E-state index in [1.165, 1.54) is 31.8 Å². The van der Waals surface area contributed by atoms with Gasteiger partial charge in [0.15, 0.2) is 30.6 Å². The Bertz CT molecular complexity index is 1080. The first-order valence-corrected chi connectivity index (χ1v) is 12.9. The molecule has 0 bridgehead atoms. The Morgan fingerprint density at radius 3 is 2.45 bits per heavy atom. The van der Waals surface area contributed by atoms with Gasteiger partial charge in [-0.3, -0.25) is 14.4 Å². The molecule has 0 radical (unpaired) electrons. The minimum absolute atomic E-state index is 0.0487. The number of ether oxygens (including phenoxy) is 7. The zero-order chi connectivity index (χ0) is 29.4. The average molecular weight is 573 g/mol. The summed E-state index contributed by atoms with van der Waals surface area (Å²) in [4.78, 5) is 36.1. The van der Waals surface area contributed by atoms with Crippen LogP contribution in [0.2, 0.25) is 0 Å². The molecule has 4 heterocycles. The third-order valence-corrected chi connectivity index (χ3v) is 6.81. The van der Waals surface area contributed by atoms with Crippen molar-refractivity contribution in [1.29, 1.82) is 0 Å². The lowest BCUT2D eigenvalue weighted by Crippen LogP contribution is -2.58. The van der Waals surface area contributed by atoms with Gasteiger partial charge < -0.3 is 48.7 Å². The molecule has 0 aromatic carbocycles. The number of methoxy groups -OCH3 is 1. The van der Waals surface area contributed by atoms with Gasteiger partial charge in [-0.05, 0) is 13.8 Å². The van der Waals surface area contributed by atoms with Crippen LogP contribution < -0.4 is 5.32 Å².